The van der Waals surface area contributed by atoms with E-state index in [0.717, 1.165) is 116 Å². The predicted molar refractivity (Wildman–Crippen MR) is 377 cm³/mol. The van der Waals surface area contributed by atoms with Crippen LogP contribution in [0.3, 0.4) is 0 Å². The smallest absolute Gasteiger partial charge is 0.243 e. The maximum atomic E-state index is 10.6. The molecule has 506 valence electrons. The molecular weight excluding hydrogens is 1050 g/mol. The molecule has 1 aliphatic carbocycles. The van der Waals surface area contributed by atoms with Crippen LogP contribution in [0.2, 0.25) is 0 Å². The zero-order valence-corrected chi connectivity index (χ0v) is 62.5. The van der Waals surface area contributed by atoms with Gasteiger partial charge in [-0.05, 0) is 246 Å². The summed E-state index contributed by atoms with van der Waals surface area (Å²) in [5.41, 5.74) is 10.0. The minimum absolute atomic E-state index is 0.0375. The highest BCUT2D eigenvalue weighted by molar-refractivity contribution is 5.74. The fourth-order valence-corrected chi connectivity index (χ4v) is 17.6. The second-order valence-electron chi connectivity index (χ2n) is 32.8. The Morgan fingerprint density at radius 3 is 1.02 bits per heavy atom. The summed E-state index contributed by atoms with van der Waals surface area (Å²) in [4.78, 5) is 20.7. The maximum Gasteiger partial charge on any atom is 0.243 e. The van der Waals surface area contributed by atoms with E-state index >= 15 is 0 Å². The minimum atomic E-state index is -0.391. The molecule has 5 saturated heterocycles. The molecular formula is C78H151N5O3. The van der Waals surface area contributed by atoms with Crippen molar-refractivity contribution in [2.45, 2.75) is 257 Å². The van der Waals surface area contributed by atoms with Crippen LogP contribution in [-0.2, 0) is 20.8 Å². The van der Waals surface area contributed by atoms with Gasteiger partial charge in [-0.3, -0.25) is 9.69 Å². The molecule has 0 atom stereocenters. The fraction of sp³-hybridized carbons (Fsp3) is 0.910. The summed E-state index contributed by atoms with van der Waals surface area (Å²) in [5, 5.41) is 0. The maximum absolute atomic E-state index is 10.6. The Labute approximate surface area is 537 Å². The molecule has 0 aromatic heterocycles. The van der Waals surface area contributed by atoms with E-state index in [0.29, 0.717) is 33.7 Å². The Hall–Kier alpha value is -1.55. The first-order valence-electron chi connectivity index (χ1n) is 36.5. The SMILES string of the molecule is CC(C)C1(C(C)C)CC1.CC(C)C1(C(C)C)CCN(C)CC1.CC(C)C1(C(C)C)CCN(CCOCC(N)=O)CC1.CC(C)C1(C(C)C)CCN(Cc2ccccc2)C1.CC(C)C1(C(C)C)CCOCC1.CCCN1CCC(C(C)C)(C(C)C)CC1. The molecule has 1 aromatic carbocycles. The van der Waals surface area contributed by atoms with Gasteiger partial charge in [-0.1, -0.05) is 203 Å². The number of rotatable bonds is 21. The van der Waals surface area contributed by atoms with Crippen LogP contribution < -0.4 is 5.73 Å². The molecule has 7 rings (SSSR count). The van der Waals surface area contributed by atoms with Crippen molar-refractivity contribution < 1.29 is 14.3 Å². The molecule has 5 aliphatic heterocycles. The minimum Gasteiger partial charge on any atom is -0.381 e. The summed E-state index contributed by atoms with van der Waals surface area (Å²) in [6.45, 7) is 75.2. The van der Waals surface area contributed by atoms with Gasteiger partial charge in [-0.15, -0.1) is 0 Å². The van der Waals surface area contributed by atoms with Crippen LogP contribution >= 0.6 is 0 Å². The number of carbonyl (C=O) groups is 1. The summed E-state index contributed by atoms with van der Waals surface area (Å²) in [6.07, 6.45) is 16.2. The van der Waals surface area contributed by atoms with Gasteiger partial charge in [0.2, 0.25) is 5.91 Å². The normalized spacial score (nSPS) is 21.9. The fourth-order valence-electron chi connectivity index (χ4n) is 17.6. The van der Waals surface area contributed by atoms with Crippen molar-refractivity contribution in [1.82, 2.24) is 19.6 Å². The molecule has 0 unspecified atom stereocenters. The molecule has 0 radical (unpaired) electrons. The van der Waals surface area contributed by atoms with Gasteiger partial charge < -0.3 is 29.9 Å². The second kappa shape index (κ2) is 37.8. The molecule has 8 heteroatoms. The van der Waals surface area contributed by atoms with Crippen LogP contribution in [0.4, 0.5) is 0 Å². The molecule has 6 aliphatic rings. The van der Waals surface area contributed by atoms with Gasteiger partial charge in [0.25, 0.3) is 0 Å². The highest BCUT2D eigenvalue weighted by Crippen LogP contribution is 2.57. The van der Waals surface area contributed by atoms with Gasteiger partial charge >= 0.3 is 0 Å². The second-order valence-corrected chi connectivity index (χ2v) is 32.8. The van der Waals surface area contributed by atoms with E-state index in [2.05, 4.69) is 230 Å². The third kappa shape index (κ3) is 22.9. The predicted octanol–water partition coefficient (Wildman–Crippen LogP) is 19.0. The van der Waals surface area contributed by atoms with Crippen LogP contribution in [0.15, 0.2) is 30.3 Å². The number of piperidine rings is 3. The Kier molecular flexibility index (Phi) is 35.4. The topological polar surface area (TPSA) is 74.5 Å². The van der Waals surface area contributed by atoms with Gasteiger partial charge in [-0.25, -0.2) is 0 Å². The lowest BCUT2D eigenvalue weighted by molar-refractivity contribution is -0.122. The Bertz CT molecular complexity index is 1840. The van der Waals surface area contributed by atoms with Crippen molar-refractivity contribution in [3.8, 4) is 0 Å². The monoisotopic (exact) mass is 1210 g/mol. The number of nitrogens with zero attached hydrogens (tertiary/aromatic N) is 4. The van der Waals surface area contributed by atoms with Gasteiger partial charge in [0, 0.05) is 32.8 Å². The number of benzene rings is 1. The van der Waals surface area contributed by atoms with Gasteiger partial charge in [-0.2, -0.15) is 0 Å². The highest BCUT2D eigenvalue weighted by Gasteiger charge is 2.48. The molecule has 5 heterocycles. The van der Waals surface area contributed by atoms with Crippen molar-refractivity contribution in [2.75, 3.05) is 98.9 Å². The van der Waals surface area contributed by atoms with Crippen molar-refractivity contribution in [3.63, 3.8) is 0 Å². The number of carbonyl (C=O) groups excluding carboxylic acids is 1. The number of ether oxygens (including phenoxy) is 2. The van der Waals surface area contributed by atoms with E-state index in [1.54, 1.807) is 0 Å². The summed E-state index contributed by atoms with van der Waals surface area (Å²) in [6, 6.07) is 10.9. The van der Waals surface area contributed by atoms with Gasteiger partial charge in [0.1, 0.15) is 6.61 Å². The Morgan fingerprint density at radius 1 is 0.430 bits per heavy atom. The van der Waals surface area contributed by atoms with E-state index in [9.17, 15) is 4.79 Å². The van der Waals surface area contributed by atoms with E-state index in [1.165, 1.54) is 128 Å². The van der Waals surface area contributed by atoms with Gasteiger partial charge in [0.05, 0.1) is 6.61 Å². The number of hydrogen-bond donors (Lipinski definition) is 1. The zero-order chi connectivity index (χ0) is 65.4. The van der Waals surface area contributed by atoms with Crippen LogP contribution in [-0.4, -0.2) is 124 Å². The van der Waals surface area contributed by atoms with Crippen molar-refractivity contribution >= 4 is 5.91 Å². The molecule has 1 aromatic rings. The summed E-state index contributed by atoms with van der Waals surface area (Å²) in [7, 11) is 2.24. The van der Waals surface area contributed by atoms with Crippen molar-refractivity contribution in [1.29, 1.82) is 0 Å². The lowest BCUT2D eigenvalue weighted by atomic mass is 9.63. The first kappa shape index (κ1) is 80.5. The molecule has 1 amide bonds. The van der Waals surface area contributed by atoms with E-state index in [4.69, 9.17) is 15.2 Å². The molecule has 86 heavy (non-hydrogen) atoms. The number of amides is 1. The number of hydrogen-bond acceptors (Lipinski definition) is 7. The van der Waals surface area contributed by atoms with Crippen LogP contribution in [0.1, 0.15) is 256 Å². The number of likely N-dealkylation sites (tertiary alicyclic amines) is 4. The largest absolute Gasteiger partial charge is 0.381 e. The first-order chi connectivity index (χ1) is 40.1. The molecule has 6 fully saturated rings. The van der Waals surface area contributed by atoms with Gasteiger partial charge in [0.15, 0.2) is 0 Å². The van der Waals surface area contributed by atoms with E-state index in [1.807, 2.05) is 0 Å². The standard InChI is InChI=1S/C17H27N.C15H30N2O2.C14H29N.C12H25N.C11H22O.C9H18/c1-14(2)17(15(3)4)10-11-18(13-17)12-16-8-6-5-7-9-16;1-12(2)15(13(3)4)5-7-17(8-6-15)9-10-19-11-14(16)18;1-6-9-15-10-7-14(8-11-15,12(2)3)13(4)5;1-10(2)12(11(3)4)6-8-13(5)9-7-12;1-9(2)11(10(3)4)5-7-12-8-6-11;1-7(2)9(5-6-9)8(3)4/h5-9,14-15H,10-13H2,1-4H3;12-13H,5-11H2,1-4H3,(H2,16,18);12-13H,6-11H2,1-5H3;10-11H,6-9H2,1-5H3;9-10H,5-8H2,1-4H3;7-8H,5-6H2,1-4H3. The third-order valence-corrected chi connectivity index (χ3v) is 25.5. The lowest BCUT2D eigenvalue weighted by Crippen LogP contribution is -2.46. The summed E-state index contributed by atoms with van der Waals surface area (Å²) >= 11 is 0. The Morgan fingerprint density at radius 2 is 0.733 bits per heavy atom. The quantitative estimate of drug-likeness (QED) is 0.123. The first-order valence-corrected chi connectivity index (χ1v) is 36.5. The van der Waals surface area contributed by atoms with Crippen molar-refractivity contribution in [2.24, 2.45) is 109 Å². The molecule has 8 nitrogen and oxygen atoms in total. The molecule has 1 saturated carbocycles. The molecule has 2 N–H and O–H groups in total. The van der Waals surface area contributed by atoms with Crippen LogP contribution in [0.25, 0.3) is 0 Å². The average Bonchev–Trinajstić information content (AvgIpc) is 2.27. The van der Waals surface area contributed by atoms with E-state index < -0.39 is 5.91 Å². The average molecular weight is 1210 g/mol. The van der Waals surface area contributed by atoms with Crippen molar-refractivity contribution in [3.05, 3.63) is 35.9 Å². The molecule has 0 spiro atoms. The zero-order valence-electron chi connectivity index (χ0n) is 62.5. The third-order valence-electron chi connectivity index (χ3n) is 25.5. The summed E-state index contributed by atoms with van der Waals surface area (Å²) < 4.78 is 10.7. The number of primary amides is 1. The van der Waals surface area contributed by atoms with Crippen LogP contribution in [0.5, 0.6) is 0 Å². The highest BCUT2D eigenvalue weighted by atomic mass is 16.5. The number of nitrogens with two attached hydrogens (primary N) is 1. The van der Waals surface area contributed by atoms with E-state index in [-0.39, 0.29) is 6.61 Å². The summed E-state index contributed by atoms with van der Waals surface area (Å²) in [5.74, 6) is 9.36. The Balaban J connectivity index is 0.000000357. The lowest BCUT2D eigenvalue weighted by Gasteiger charge is -2.47. The van der Waals surface area contributed by atoms with Crippen LogP contribution in [0, 0.1) is 104 Å². The molecule has 0 bridgehead atoms.